The Morgan fingerprint density at radius 3 is 2.43 bits per heavy atom. The molecule has 0 aliphatic carbocycles. The molecule has 1 heterocycles. The third-order valence-corrected chi connectivity index (χ3v) is 1.78. The molecule has 1 N–H and O–H groups in total. The van der Waals surface area contributed by atoms with Crippen LogP contribution in [-0.4, -0.2) is 21.0 Å². The van der Waals surface area contributed by atoms with Crippen LogP contribution in [0.4, 0.5) is 0 Å². The molecular weight excluding hydrogens is 204 g/mol. The molecule has 0 aromatic carbocycles. The fourth-order valence-corrected chi connectivity index (χ4v) is 1.05. The lowest BCUT2D eigenvalue weighted by molar-refractivity contribution is 0.0689. The minimum Gasteiger partial charge on any atom is -0.477 e. The van der Waals surface area contributed by atoms with E-state index in [4.69, 9.17) is 16.7 Å². The number of carboxylic acid groups (broad SMARTS) is 1. The van der Waals surface area contributed by atoms with Crippen molar-refractivity contribution in [3.63, 3.8) is 0 Å². The first-order valence-corrected chi connectivity index (χ1v) is 4.47. The Bertz CT molecular complexity index is 372. The molecule has 1 aromatic heterocycles. The maximum absolute atomic E-state index is 10.7. The minimum atomic E-state index is -1.10. The number of carboxylic acids is 1. The van der Waals surface area contributed by atoms with Gasteiger partial charge in [-0.1, -0.05) is 32.4 Å². The Morgan fingerprint density at radius 1 is 1.43 bits per heavy atom. The predicted octanol–water partition coefficient (Wildman–Crippen LogP) is 2.13. The van der Waals surface area contributed by atoms with E-state index in [0.717, 1.165) is 0 Å². The van der Waals surface area contributed by atoms with E-state index in [1.54, 1.807) is 0 Å². The summed E-state index contributed by atoms with van der Waals surface area (Å²) in [5.74, 6) is -0.665. The molecule has 76 valence electrons. The van der Waals surface area contributed by atoms with Gasteiger partial charge >= 0.3 is 5.97 Å². The standard InChI is InChI=1S/C9H11ClN2O2/c1-9(2,3)8-11-5(7(13)14)4-6(10)12-8/h4H,1-3H3,(H,13,14). The van der Waals surface area contributed by atoms with Gasteiger partial charge in [0.15, 0.2) is 5.69 Å². The van der Waals surface area contributed by atoms with E-state index in [0.29, 0.717) is 5.82 Å². The van der Waals surface area contributed by atoms with Crippen LogP contribution in [0, 0.1) is 0 Å². The van der Waals surface area contributed by atoms with E-state index in [1.807, 2.05) is 20.8 Å². The van der Waals surface area contributed by atoms with Crippen LogP contribution in [0.25, 0.3) is 0 Å². The lowest BCUT2D eigenvalue weighted by Crippen LogP contribution is -2.18. The number of carbonyl (C=O) groups is 1. The molecule has 0 bridgehead atoms. The number of nitrogens with zero attached hydrogens (tertiary/aromatic N) is 2. The molecule has 1 rings (SSSR count). The third-order valence-electron chi connectivity index (χ3n) is 1.58. The van der Waals surface area contributed by atoms with Crippen molar-refractivity contribution < 1.29 is 9.90 Å². The van der Waals surface area contributed by atoms with Crippen molar-refractivity contribution in [2.75, 3.05) is 0 Å². The summed E-state index contributed by atoms with van der Waals surface area (Å²) < 4.78 is 0. The summed E-state index contributed by atoms with van der Waals surface area (Å²) in [7, 11) is 0. The normalized spacial score (nSPS) is 11.4. The largest absolute Gasteiger partial charge is 0.477 e. The van der Waals surface area contributed by atoms with Gasteiger partial charge in [-0.05, 0) is 0 Å². The van der Waals surface area contributed by atoms with Crippen LogP contribution in [0.1, 0.15) is 37.1 Å². The average Bonchev–Trinajstić information content (AvgIpc) is 2.01. The second-order valence-electron chi connectivity index (χ2n) is 3.95. The highest BCUT2D eigenvalue weighted by Gasteiger charge is 2.20. The van der Waals surface area contributed by atoms with E-state index in [2.05, 4.69) is 9.97 Å². The van der Waals surface area contributed by atoms with Gasteiger partial charge in [0.05, 0.1) is 0 Å². The number of hydrogen-bond donors (Lipinski definition) is 1. The minimum absolute atomic E-state index is 0.0741. The number of rotatable bonds is 1. The number of hydrogen-bond acceptors (Lipinski definition) is 3. The summed E-state index contributed by atoms with van der Waals surface area (Å²) in [4.78, 5) is 18.6. The van der Waals surface area contributed by atoms with Crippen LogP contribution in [0.5, 0.6) is 0 Å². The molecule has 4 nitrogen and oxygen atoms in total. The highest BCUT2D eigenvalue weighted by atomic mass is 35.5. The number of aromatic nitrogens is 2. The van der Waals surface area contributed by atoms with E-state index < -0.39 is 5.97 Å². The van der Waals surface area contributed by atoms with Crippen molar-refractivity contribution in [1.82, 2.24) is 9.97 Å². The summed E-state index contributed by atoms with van der Waals surface area (Å²) in [6, 6.07) is 1.24. The SMILES string of the molecule is CC(C)(C)c1nc(Cl)cc(C(=O)O)n1. The molecule has 5 heteroatoms. The molecular formula is C9H11ClN2O2. The van der Waals surface area contributed by atoms with Gasteiger partial charge in [-0.15, -0.1) is 0 Å². The lowest BCUT2D eigenvalue weighted by Gasteiger charge is -2.16. The van der Waals surface area contributed by atoms with Gasteiger partial charge in [0, 0.05) is 11.5 Å². The molecule has 0 radical (unpaired) electrons. The van der Waals surface area contributed by atoms with Crippen LogP contribution in [0.15, 0.2) is 6.07 Å². The van der Waals surface area contributed by atoms with Crippen molar-refractivity contribution in [2.24, 2.45) is 0 Å². The smallest absolute Gasteiger partial charge is 0.354 e. The first-order valence-electron chi connectivity index (χ1n) is 4.09. The van der Waals surface area contributed by atoms with Crippen molar-refractivity contribution >= 4 is 17.6 Å². The highest BCUT2D eigenvalue weighted by Crippen LogP contribution is 2.20. The van der Waals surface area contributed by atoms with Crippen LogP contribution < -0.4 is 0 Å². The quantitative estimate of drug-likeness (QED) is 0.728. The van der Waals surface area contributed by atoms with Gasteiger partial charge in [-0.3, -0.25) is 0 Å². The first kappa shape index (κ1) is 10.9. The highest BCUT2D eigenvalue weighted by molar-refractivity contribution is 6.29. The van der Waals surface area contributed by atoms with Crippen molar-refractivity contribution in [3.05, 3.63) is 22.7 Å². The van der Waals surface area contributed by atoms with Gasteiger partial charge in [0.25, 0.3) is 0 Å². The summed E-state index contributed by atoms with van der Waals surface area (Å²) in [6.07, 6.45) is 0. The van der Waals surface area contributed by atoms with E-state index in [9.17, 15) is 4.79 Å². The lowest BCUT2D eigenvalue weighted by atomic mass is 9.96. The summed E-state index contributed by atoms with van der Waals surface area (Å²) in [5.41, 5.74) is -0.385. The van der Waals surface area contributed by atoms with E-state index in [1.165, 1.54) is 6.07 Å². The van der Waals surface area contributed by atoms with Gasteiger partial charge in [-0.25, -0.2) is 14.8 Å². The van der Waals surface area contributed by atoms with E-state index >= 15 is 0 Å². The zero-order valence-electron chi connectivity index (χ0n) is 8.21. The molecule has 0 atom stereocenters. The van der Waals surface area contributed by atoms with Crippen molar-refractivity contribution in [2.45, 2.75) is 26.2 Å². The Morgan fingerprint density at radius 2 is 2.00 bits per heavy atom. The maximum Gasteiger partial charge on any atom is 0.354 e. The third kappa shape index (κ3) is 2.42. The maximum atomic E-state index is 10.7. The van der Waals surface area contributed by atoms with Gasteiger partial charge < -0.3 is 5.11 Å². The molecule has 0 unspecified atom stereocenters. The molecule has 0 aliphatic heterocycles. The number of aromatic carboxylic acids is 1. The summed E-state index contributed by atoms with van der Waals surface area (Å²) in [5, 5.41) is 8.91. The first-order chi connectivity index (χ1) is 6.30. The molecule has 0 aliphatic rings. The summed E-state index contributed by atoms with van der Waals surface area (Å²) >= 11 is 5.69. The topological polar surface area (TPSA) is 63.1 Å². The molecule has 14 heavy (non-hydrogen) atoms. The molecule has 0 spiro atoms. The zero-order chi connectivity index (χ0) is 10.9. The second-order valence-corrected chi connectivity index (χ2v) is 4.34. The van der Waals surface area contributed by atoms with E-state index in [-0.39, 0.29) is 16.3 Å². The van der Waals surface area contributed by atoms with Crippen LogP contribution >= 0.6 is 11.6 Å². The second kappa shape index (κ2) is 3.53. The Hall–Kier alpha value is -1.16. The molecule has 0 saturated heterocycles. The van der Waals surface area contributed by atoms with Crippen LogP contribution in [0.2, 0.25) is 5.15 Å². The average molecular weight is 215 g/mol. The monoisotopic (exact) mass is 214 g/mol. The Kier molecular flexibility index (Phi) is 2.76. The van der Waals surface area contributed by atoms with Crippen LogP contribution in [0.3, 0.4) is 0 Å². The molecule has 0 amide bonds. The predicted molar refractivity (Wildman–Crippen MR) is 52.7 cm³/mol. The summed E-state index contributed by atoms with van der Waals surface area (Å²) in [6.45, 7) is 5.68. The Balaban J connectivity index is 3.28. The van der Waals surface area contributed by atoms with Gasteiger partial charge in [0.2, 0.25) is 0 Å². The Labute approximate surface area is 87.0 Å². The number of halogens is 1. The van der Waals surface area contributed by atoms with Crippen LogP contribution in [-0.2, 0) is 5.41 Å². The molecule has 1 aromatic rings. The fourth-order valence-electron chi connectivity index (χ4n) is 0.863. The molecule has 0 saturated carbocycles. The van der Waals surface area contributed by atoms with Gasteiger partial charge in [-0.2, -0.15) is 0 Å². The molecule has 0 fully saturated rings. The zero-order valence-corrected chi connectivity index (χ0v) is 8.96. The fraction of sp³-hybridized carbons (Fsp3) is 0.444. The van der Waals surface area contributed by atoms with Gasteiger partial charge in [0.1, 0.15) is 11.0 Å². The van der Waals surface area contributed by atoms with Crippen molar-refractivity contribution in [1.29, 1.82) is 0 Å². The van der Waals surface area contributed by atoms with Crippen molar-refractivity contribution in [3.8, 4) is 0 Å².